The number of aliphatic hydroxyl groups excluding tert-OH is 3. The molecule has 0 aliphatic carbocycles. The Morgan fingerprint density at radius 3 is 1.07 bits per heavy atom. The molecule has 0 aromatic heterocycles. The number of amides is 1. The lowest BCUT2D eigenvalue weighted by atomic mass is 10.0. The molecule has 0 bridgehead atoms. The molecule has 322 valence electrons. The molecular weight excluding hydrogens is 667 g/mol. The van der Waals surface area contributed by atoms with Crippen molar-refractivity contribution >= 4 is 5.91 Å². The van der Waals surface area contributed by atoms with Crippen LogP contribution in [0.2, 0.25) is 0 Å². The van der Waals surface area contributed by atoms with Crippen molar-refractivity contribution in [3.63, 3.8) is 0 Å². The van der Waals surface area contributed by atoms with E-state index in [2.05, 4.69) is 31.3 Å². The van der Waals surface area contributed by atoms with Crippen LogP contribution in [-0.2, 0) is 4.79 Å². The van der Waals surface area contributed by atoms with Gasteiger partial charge in [-0.15, -0.1) is 0 Å². The van der Waals surface area contributed by atoms with Crippen LogP contribution >= 0.6 is 0 Å². The molecule has 0 spiro atoms. The van der Waals surface area contributed by atoms with Crippen LogP contribution in [0.1, 0.15) is 271 Å². The summed E-state index contributed by atoms with van der Waals surface area (Å²) in [5.74, 6) is -0.284. The second-order valence-electron chi connectivity index (χ2n) is 17.1. The molecule has 0 fully saturated rings. The highest BCUT2D eigenvalue weighted by molar-refractivity contribution is 5.76. The van der Waals surface area contributed by atoms with E-state index in [-0.39, 0.29) is 18.9 Å². The summed E-state index contributed by atoms with van der Waals surface area (Å²) in [5.41, 5.74) is 0. The van der Waals surface area contributed by atoms with Crippen molar-refractivity contribution in [2.45, 2.75) is 289 Å². The average Bonchev–Trinajstić information content (AvgIpc) is 3.16. The van der Waals surface area contributed by atoms with Crippen LogP contribution in [0, 0.1) is 0 Å². The molecule has 54 heavy (non-hydrogen) atoms. The highest BCUT2D eigenvalue weighted by Gasteiger charge is 2.21. The molecule has 0 radical (unpaired) electrons. The molecule has 0 aromatic rings. The number of unbranched alkanes of at least 4 members (excludes halogenated alkanes) is 34. The third-order valence-electron chi connectivity index (χ3n) is 11.6. The lowest BCUT2D eigenvalue weighted by molar-refractivity contribution is -0.125. The van der Waals surface area contributed by atoms with Gasteiger partial charge in [0, 0.05) is 0 Å². The minimum atomic E-state index is -0.749. The van der Waals surface area contributed by atoms with Gasteiger partial charge in [0.2, 0.25) is 5.91 Å². The molecule has 0 rings (SSSR count). The fourth-order valence-electron chi connectivity index (χ4n) is 7.81. The number of aliphatic hydroxyl groups is 3. The predicted molar refractivity (Wildman–Crippen MR) is 236 cm³/mol. The molecule has 5 heteroatoms. The zero-order chi connectivity index (χ0) is 39.4. The summed E-state index contributed by atoms with van der Waals surface area (Å²) in [6.07, 6.45) is 53.4. The van der Waals surface area contributed by atoms with Crippen molar-refractivity contribution in [3.8, 4) is 0 Å². The number of hydrogen-bond acceptors (Lipinski definition) is 4. The van der Waals surface area contributed by atoms with Crippen molar-refractivity contribution in [1.29, 1.82) is 0 Å². The van der Waals surface area contributed by atoms with Gasteiger partial charge in [-0.2, -0.15) is 0 Å². The summed E-state index contributed by atoms with van der Waals surface area (Å²) >= 11 is 0. The quantitative estimate of drug-likeness (QED) is 0.0367. The molecule has 5 nitrogen and oxygen atoms in total. The molecule has 4 N–H and O–H groups in total. The van der Waals surface area contributed by atoms with E-state index in [1.807, 2.05) is 0 Å². The third-order valence-corrected chi connectivity index (χ3v) is 11.6. The van der Waals surface area contributed by atoms with Crippen molar-refractivity contribution in [2.24, 2.45) is 0 Å². The zero-order valence-electron chi connectivity index (χ0n) is 36.6. The summed E-state index contributed by atoms with van der Waals surface area (Å²) in [4.78, 5) is 12.5. The maximum absolute atomic E-state index is 12.5. The number of nitrogens with one attached hydrogen (secondary N) is 1. The van der Waals surface area contributed by atoms with E-state index in [9.17, 15) is 20.1 Å². The lowest BCUT2D eigenvalue weighted by Gasteiger charge is -2.23. The molecule has 3 unspecified atom stereocenters. The third kappa shape index (κ3) is 40.7. The van der Waals surface area contributed by atoms with Gasteiger partial charge in [0.05, 0.1) is 31.3 Å². The van der Waals surface area contributed by atoms with Gasteiger partial charge >= 0.3 is 0 Å². The standard InChI is InChI=1S/C49H97NO4/c1-3-5-7-9-11-13-15-17-19-20-21-22-23-24-25-26-27-29-31-33-35-37-39-41-43-48(53)47(45-51)50-49(54)44-46(52)42-40-38-36-34-32-30-28-18-16-14-12-10-8-6-4-2/h18,28,46-48,51-53H,3-17,19-27,29-45H2,1-2H3,(H,50,54)/b28-18-. The SMILES string of the molecule is CCCCCCCC/C=C\CCCCCCCC(O)CC(=O)NC(CO)C(O)CCCCCCCCCCCCCCCCCCCCCCCCCC. The normalized spacial score (nSPS) is 13.5. The minimum absolute atomic E-state index is 0.0338. The Hall–Kier alpha value is -0.910. The van der Waals surface area contributed by atoms with Gasteiger partial charge in [-0.25, -0.2) is 0 Å². The van der Waals surface area contributed by atoms with E-state index < -0.39 is 18.2 Å². The van der Waals surface area contributed by atoms with Crippen molar-refractivity contribution in [2.75, 3.05) is 6.61 Å². The summed E-state index contributed by atoms with van der Waals surface area (Å²) in [6.45, 7) is 4.28. The largest absolute Gasteiger partial charge is 0.394 e. The highest BCUT2D eigenvalue weighted by Crippen LogP contribution is 2.17. The smallest absolute Gasteiger partial charge is 0.222 e. The Balaban J connectivity index is 3.55. The number of hydrogen-bond donors (Lipinski definition) is 4. The van der Waals surface area contributed by atoms with Crippen LogP contribution in [0.25, 0.3) is 0 Å². The first kappa shape index (κ1) is 53.1. The van der Waals surface area contributed by atoms with E-state index in [4.69, 9.17) is 0 Å². The Morgan fingerprint density at radius 2 is 0.741 bits per heavy atom. The first-order chi connectivity index (χ1) is 26.5. The monoisotopic (exact) mass is 764 g/mol. The molecule has 3 atom stereocenters. The molecule has 0 aliphatic heterocycles. The van der Waals surface area contributed by atoms with Crippen molar-refractivity contribution < 1.29 is 20.1 Å². The van der Waals surface area contributed by atoms with Gasteiger partial charge in [-0.1, -0.05) is 238 Å². The Labute approximate surface area is 338 Å². The van der Waals surface area contributed by atoms with E-state index >= 15 is 0 Å². The van der Waals surface area contributed by atoms with Crippen LogP contribution in [0.5, 0.6) is 0 Å². The van der Waals surface area contributed by atoms with E-state index in [1.165, 1.54) is 205 Å². The van der Waals surface area contributed by atoms with Crippen LogP contribution in [0.15, 0.2) is 12.2 Å². The second kappa shape index (κ2) is 44.8. The highest BCUT2D eigenvalue weighted by atomic mass is 16.3. The van der Waals surface area contributed by atoms with Crippen LogP contribution in [0.4, 0.5) is 0 Å². The molecule has 0 saturated heterocycles. The molecule has 0 aliphatic rings. The summed E-state index contributed by atoms with van der Waals surface area (Å²) < 4.78 is 0. The summed E-state index contributed by atoms with van der Waals surface area (Å²) in [7, 11) is 0. The van der Waals surface area contributed by atoms with Crippen LogP contribution < -0.4 is 5.32 Å². The molecule has 0 aromatic carbocycles. The van der Waals surface area contributed by atoms with Gasteiger partial charge in [0.15, 0.2) is 0 Å². The summed E-state index contributed by atoms with van der Waals surface area (Å²) in [6, 6.07) is -0.658. The molecule has 1 amide bonds. The van der Waals surface area contributed by atoms with Crippen molar-refractivity contribution in [3.05, 3.63) is 12.2 Å². The zero-order valence-corrected chi connectivity index (χ0v) is 36.6. The Bertz CT molecular complexity index is 758. The van der Waals surface area contributed by atoms with E-state index in [1.54, 1.807) is 0 Å². The minimum Gasteiger partial charge on any atom is -0.394 e. The van der Waals surface area contributed by atoms with Gasteiger partial charge in [-0.05, 0) is 38.5 Å². The number of carbonyl (C=O) groups excluding carboxylic acids is 1. The first-order valence-corrected chi connectivity index (χ1v) is 24.5. The van der Waals surface area contributed by atoms with E-state index in [0.29, 0.717) is 12.8 Å². The van der Waals surface area contributed by atoms with Gasteiger partial charge < -0.3 is 20.6 Å². The molecule has 0 heterocycles. The topological polar surface area (TPSA) is 89.8 Å². The second-order valence-corrected chi connectivity index (χ2v) is 17.1. The Kier molecular flexibility index (Phi) is 44.0. The Morgan fingerprint density at radius 1 is 0.444 bits per heavy atom. The number of allylic oxidation sites excluding steroid dienone is 2. The lowest BCUT2D eigenvalue weighted by Crippen LogP contribution is -2.46. The van der Waals surface area contributed by atoms with E-state index in [0.717, 1.165) is 32.1 Å². The van der Waals surface area contributed by atoms with Crippen LogP contribution in [-0.4, -0.2) is 46.1 Å². The van der Waals surface area contributed by atoms with Gasteiger partial charge in [-0.3, -0.25) is 4.79 Å². The van der Waals surface area contributed by atoms with Crippen molar-refractivity contribution in [1.82, 2.24) is 5.32 Å². The maximum Gasteiger partial charge on any atom is 0.222 e. The number of rotatable bonds is 45. The molecule has 0 saturated carbocycles. The first-order valence-electron chi connectivity index (χ1n) is 24.5. The average molecular weight is 764 g/mol. The fraction of sp³-hybridized carbons (Fsp3) is 0.939. The van der Waals surface area contributed by atoms with Crippen LogP contribution in [0.3, 0.4) is 0 Å². The summed E-state index contributed by atoms with van der Waals surface area (Å²) in [5, 5.41) is 33.5. The van der Waals surface area contributed by atoms with Gasteiger partial charge in [0.25, 0.3) is 0 Å². The fourth-order valence-corrected chi connectivity index (χ4v) is 7.81. The molecular formula is C49H97NO4. The number of carbonyl (C=O) groups is 1. The maximum atomic E-state index is 12.5. The predicted octanol–water partition coefficient (Wildman–Crippen LogP) is 14.4. The van der Waals surface area contributed by atoms with Gasteiger partial charge in [0.1, 0.15) is 0 Å².